The summed E-state index contributed by atoms with van der Waals surface area (Å²) in [5.41, 5.74) is 7.50. The molecule has 2 rings (SSSR count). The highest BCUT2D eigenvalue weighted by atomic mass is 16.5. The van der Waals surface area contributed by atoms with Gasteiger partial charge >= 0.3 is 0 Å². The van der Waals surface area contributed by atoms with Crippen LogP contribution in [0, 0.1) is 0 Å². The molecular weight excluding hydrogens is 242 g/mol. The van der Waals surface area contributed by atoms with Crippen LogP contribution in [0.15, 0.2) is 30.6 Å². The number of nitrogens with one attached hydrogen (secondary N) is 1. The van der Waals surface area contributed by atoms with Crippen LogP contribution in [0.2, 0.25) is 0 Å². The minimum Gasteiger partial charge on any atom is -0.494 e. The van der Waals surface area contributed by atoms with Gasteiger partial charge in [-0.25, -0.2) is 0 Å². The SMILES string of the molecule is CCOc1cc(N)cc(NCCCn2ccnn2)c1. The number of rotatable bonds is 7. The van der Waals surface area contributed by atoms with E-state index >= 15 is 0 Å². The molecule has 0 fully saturated rings. The van der Waals surface area contributed by atoms with Gasteiger partial charge in [0.05, 0.1) is 12.8 Å². The fourth-order valence-electron chi connectivity index (χ4n) is 1.80. The second-order valence-electron chi connectivity index (χ2n) is 4.17. The molecule has 2 aromatic rings. The van der Waals surface area contributed by atoms with Gasteiger partial charge in [0.25, 0.3) is 0 Å². The van der Waals surface area contributed by atoms with Crippen LogP contribution in [-0.2, 0) is 6.54 Å². The summed E-state index contributed by atoms with van der Waals surface area (Å²) < 4.78 is 7.26. The van der Waals surface area contributed by atoms with Crippen LogP contribution in [0.1, 0.15) is 13.3 Å². The van der Waals surface area contributed by atoms with E-state index in [1.54, 1.807) is 6.20 Å². The molecule has 6 heteroatoms. The normalized spacial score (nSPS) is 10.4. The lowest BCUT2D eigenvalue weighted by atomic mass is 10.2. The lowest BCUT2D eigenvalue weighted by Gasteiger charge is -2.10. The zero-order valence-corrected chi connectivity index (χ0v) is 11.0. The minimum absolute atomic E-state index is 0.634. The van der Waals surface area contributed by atoms with E-state index in [0.717, 1.165) is 30.9 Å². The molecule has 1 aromatic carbocycles. The molecule has 0 spiro atoms. The van der Waals surface area contributed by atoms with E-state index in [9.17, 15) is 0 Å². The molecular formula is C13H19N5O. The molecule has 1 aromatic heterocycles. The van der Waals surface area contributed by atoms with E-state index in [4.69, 9.17) is 10.5 Å². The predicted octanol–water partition coefficient (Wildman–Crippen LogP) is 1.76. The Kier molecular flexibility index (Phi) is 4.60. The maximum absolute atomic E-state index is 5.83. The number of benzene rings is 1. The van der Waals surface area contributed by atoms with Gasteiger partial charge in [-0.3, -0.25) is 4.68 Å². The van der Waals surface area contributed by atoms with Crippen LogP contribution in [0.25, 0.3) is 0 Å². The number of anilines is 2. The Morgan fingerprint density at radius 3 is 3.00 bits per heavy atom. The van der Waals surface area contributed by atoms with Crippen LogP contribution >= 0.6 is 0 Å². The van der Waals surface area contributed by atoms with E-state index in [1.165, 1.54) is 0 Å². The number of nitrogens with two attached hydrogens (primary N) is 1. The summed E-state index contributed by atoms with van der Waals surface area (Å²) in [5.74, 6) is 0.793. The van der Waals surface area contributed by atoms with E-state index in [1.807, 2.05) is 36.0 Å². The predicted molar refractivity (Wildman–Crippen MR) is 75.2 cm³/mol. The second kappa shape index (κ2) is 6.63. The summed E-state index contributed by atoms with van der Waals surface area (Å²) in [5, 5.41) is 11.0. The number of nitrogens with zero attached hydrogens (tertiary/aromatic N) is 3. The molecule has 0 radical (unpaired) electrons. The maximum Gasteiger partial charge on any atom is 0.123 e. The van der Waals surface area contributed by atoms with Crippen LogP contribution in [-0.4, -0.2) is 28.1 Å². The number of hydrogen-bond acceptors (Lipinski definition) is 5. The molecule has 0 aliphatic rings. The lowest BCUT2D eigenvalue weighted by Crippen LogP contribution is -2.07. The second-order valence-corrected chi connectivity index (χ2v) is 4.17. The van der Waals surface area contributed by atoms with Crippen molar-refractivity contribution in [1.29, 1.82) is 0 Å². The Balaban J connectivity index is 1.81. The largest absolute Gasteiger partial charge is 0.494 e. The summed E-state index contributed by atoms with van der Waals surface area (Å²) in [7, 11) is 0. The van der Waals surface area contributed by atoms with Gasteiger partial charge in [0.15, 0.2) is 0 Å². The third-order valence-electron chi connectivity index (χ3n) is 2.60. The van der Waals surface area contributed by atoms with Gasteiger partial charge in [-0.15, -0.1) is 5.10 Å². The standard InChI is InChI=1S/C13H19N5O/c1-2-19-13-9-11(14)8-12(10-13)15-4-3-6-18-7-5-16-17-18/h5,7-10,15H,2-4,6,14H2,1H3. The van der Waals surface area contributed by atoms with Crippen molar-refractivity contribution in [2.75, 3.05) is 24.2 Å². The number of hydrogen-bond donors (Lipinski definition) is 2. The molecule has 3 N–H and O–H groups in total. The van der Waals surface area contributed by atoms with E-state index in [-0.39, 0.29) is 0 Å². The Hall–Kier alpha value is -2.24. The highest BCUT2D eigenvalue weighted by molar-refractivity contribution is 5.59. The lowest BCUT2D eigenvalue weighted by molar-refractivity contribution is 0.340. The highest BCUT2D eigenvalue weighted by Crippen LogP contribution is 2.22. The highest BCUT2D eigenvalue weighted by Gasteiger charge is 1.99. The average Bonchev–Trinajstić information content (AvgIpc) is 2.87. The van der Waals surface area contributed by atoms with Crippen molar-refractivity contribution < 1.29 is 4.74 Å². The summed E-state index contributed by atoms with van der Waals surface area (Å²) in [6.07, 6.45) is 4.50. The molecule has 6 nitrogen and oxygen atoms in total. The molecule has 19 heavy (non-hydrogen) atoms. The molecule has 0 saturated heterocycles. The van der Waals surface area contributed by atoms with Gasteiger partial charge in [-0.1, -0.05) is 5.21 Å². The van der Waals surface area contributed by atoms with Gasteiger partial charge in [-0.2, -0.15) is 0 Å². The fraction of sp³-hybridized carbons (Fsp3) is 0.385. The maximum atomic E-state index is 5.83. The summed E-state index contributed by atoms with van der Waals surface area (Å²) in [4.78, 5) is 0. The van der Waals surface area contributed by atoms with Crippen LogP contribution in [0.3, 0.4) is 0 Å². The Morgan fingerprint density at radius 2 is 2.26 bits per heavy atom. The van der Waals surface area contributed by atoms with Gasteiger partial charge in [0.1, 0.15) is 5.75 Å². The minimum atomic E-state index is 0.634. The number of aryl methyl sites for hydroxylation is 1. The molecule has 0 atom stereocenters. The Morgan fingerprint density at radius 1 is 1.37 bits per heavy atom. The van der Waals surface area contributed by atoms with Crippen LogP contribution in [0.4, 0.5) is 11.4 Å². The molecule has 0 saturated carbocycles. The topological polar surface area (TPSA) is 78.0 Å². The van der Waals surface area contributed by atoms with Crippen molar-refractivity contribution in [3.63, 3.8) is 0 Å². The fourth-order valence-corrected chi connectivity index (χ4v) is 1.80. The first-order valence-electron chi connectivity index (χ1n) is 6.39. The van der Waals surface area contributed by atoms with Gasteiger partial charge in [0, 0.05) is 42.8 Å². The third kappa shape index (κ3) is 4.17. The molecule has 0 aliphatic carbocycles. The van der Waals surface area contributed by atoms with Crippen molar-refractivity contribution >= 4 is 11.4 Å². The number of nitrogen functional groups attached to an aromatic ring is 1. The van der Waals surface area contributed by atoms with E-state index in [0.29, 0.717) is 12.3 Å². The quantitative estimate of drug-likeness (QED) is 0.586. The third-order valence-corrected chi connectivity index (χ3v) is 2.60. The summed E-state index contributed by atoms with van der Waals surface area (Å²) in [6.45, 7) is 4.27. The van der Waals surface area contributed by atoms with Crippen molar-refractivity contribution in [2.45, 2.75) is 19.9 Å². The first kappa shape index (κ1) is 13.2. The molecule has 102 valence electrons. The van der Waals surface area contributed by atoms with Gasteiger partial charge in [0.2, 0.25) is 0 Å². The van der Waals surface area contributed by atoms with Gasteiger partial charge < -0.3 is 15.8 Å². The summed E-state index contributed by atoms with van der Waals surface area (Å²) in [6, 6.07) is 5.68. The van der Waals surface area contributed by atoms with Crippen molar-refractivity contribution in [1.82, 2.24) is 15.0 Å². The van der Waals surface area contributed by atoms with Crippen molar-refractivity contribution in [3.8, 4) is 5.75 Å². The van der Waals surface area contributed by atoms with E-state index < -0.39 is 0 Å². The molecule has 0 amide bonds. The summed E-state index contributed by atoms with van der Waals surface area (Å²) >= 11 is 0. The first-order chi connectivity index (χ1) is 9.28. The molecule has 0 unspecified atom stereocenters. The molecule has 1 heterocycles. The number of aromatic nitrogens is 3. The van der Waals surface area contributed by atoms with Crippen molar-refractivity contribution in [3.05, 3.63) is 30.6 Å². The average molecular weight is 261 g/mol. The first-order valence-corrected chi connectivity index (χ1v) is 6.39. The number of ether oxygens (including phenoxy) is 1. The molecule has 0 aliphatic heterocycles. The van der Waals surface area contributed by atoms with Gasteiger partial charge in [-0.05, 0) is 19.4 Å². The monoisotopic (exact) mass is 261 g/mol. The van der Waals surface area contributed by atoms with Crippen LogP contribution in [0.5, 0.6) is 5.75 Å². The zero-order valence-electron chi connectivity index (χ0n) is 11.0. The Labute approximate surface area is 112 Å². The smallest absolute Gasteiger partial charge is 0.123 e. The zero-order chi connectivity index (χ0) is 13.5. The molecule has 0 bridgehead atoms. The van der Waals surface area contributed by atoms with E-state index in [2.05, 4.69) is 15.6 Å². The van der Waals surface area contributed by atoms with Crippen LogP contribution < -0.4 is 15.8 Å². The van der Waals surface area contributed by atoms with Crippen molar-refractivity contribution in [2.24, 2.45) is 0 Å². The Bertz CT molecular complexity index is 498.